The van der Waals surface area contributed by atoms with Crippen LogP contribution in [0.4, 0.5) is 11.4 Å². The fraction of sp³-hybridized carbons (Fsp3) is 0.462. The Labute approximate surface area is 116 Å². The number of nitrogens with one attached hydrogen (secondary N) is 2. The summed E-state index contributed by atoms with van der Waals surface area (Å²) in [5.74, 6) is 5.00. The van der Waals surface area contributed by atoms with E-state index < -0.39 is 4.92 Å². The molecule has 1 fully saturated rings. The largest absolute Gasteiger partial charge is 0.351 e. The van der Waals surface area contributed by atoms with Gasteiger partial charge < -0.3 is 10.7 Å². The third-order valence-corrected chi connectivity index (χ3v) is 3.85. The zero-order valence-electron chi connectivity index (χ0n) is 11.3. The van der Waals surface area contributed by atoms with Crippen molar-refractivity contribution in [1.82, 2.24) is 5.32 Å². The fourth-order valence-electron chi connectivity index (χ4n) is 2.30. The van der Waals surface area contributed by atoms with E-state index in [1.165, 1.54) is 24.6 Å². The molecule has 0 saturated heterocycles. The molecule has 0 heterocycles. The summed E-state index contributed by atoms with van der Waals surface area (Å²) in [5.41, 5.74) is 2.75. The Morgan fingerprint density at radius 1 is 1.50 bits per heavy atom. The first-order chi connectivity index (χ1) is 9.45. The molecule has 7 heteroatoms. The van der Waals surface area contributed by atoms with E-state index in [0.29, 0.717) is 12.1 Å². The number of nitro benzene ring substituents is 1. The molecule has 0 spiro atoms. The summed E-state index contributed by atoms with van der Waals surface area (Å²) in [4.78, 5) is 22.3. The lowest BCUT2D eigenvalue weighted by molar-refractivity contribution is -0.384. The summed E-state index contributed by atoms with van der Waals surface area (Å²) in [6.45, 7) is 2.76. The van der Waals surface area contributed by atoms with E-state index in [9.17, 15) is 14.9 Å². The van der Waals surface area contributed by atoms with E-state index in [0.717, 1.165) is 12.8 Å². The topological polar surface area (TPSA) is 110 Å². The van der Waals surface area contributed by atoms with Gasteiger partial charge in [-0.05, 0) is 30.4 Å². The summed E-state index contributed by atoms with van der Waals surface area (Å²) in [5, 5.41) is 13.6. The summed E-state index contributed by atoms with van der Waals surface area (Å²) < 4.78 is 0. The van der Waals surface area contributed by atoms with Crippen molar-refractivity contribution >= 4 is 17.3 Å². The number of nitro groups is 1. The van der Waals surface area contributed by atoms with E-state index in [4.69, 9.17) is 5.84 Å². The Kier molecular flexibility index (Phi) is 3.89. The van der Waals surface area contributed by atoms with Crippen LogP contribution in [0, 0.1) is 15.5 Å². The number of anilines is 1. The third kappa shape index (κ3) is 2.88. The SMILES string of the molecule is CC1(CNC(=O)c2ccc([N+](=O)[O-])c(NN)c2)CCC1. The van der Waals surface area contributed by atoms with Gasteiger partial charge in [-0.2, -0.15) is 0 Å². The number of rotatable bonds is 5. The van der Waals surface area contributed by atoms with Gasteiger partial charge in [0.1, 0.15) is 5.69 Å². The highest BCUT2D eigenvalue weighted by atomic mass is 16.6. The molecular formula is C13H18N4O3. The molecule has 0 bridgehead atoms. The molecule has 20 heavy (non-hydrogen) atoms. The van der Waals surface area contributed by atoms with E-state index in [1.807, 2.05) is 0 Å². The molecule has 1 aromatic rings. The zero-order valence-corrected chi connectivity index (χ0v) is 11.3. The highest BCUT2D eigenvalue weighted by Gasteiger charge is 2.32. The number of hydrogen-bond donors (Lipinski definition) is 3. The molecular weight excluding hydrogens is 260 g/mol. The second-order valence-electron chi connectivity index (χ2n) is 5.48. The number of hydrogen-bond acceptors (Lipinski definition) is 5. The smallest absolute Gasteiger partial charge is 0.293 e. The van der Waals surface area contributed by atoms with Crippen LogP contribution in [0.25, 0.3) is 0 Å². The lowest BCUT2D eigenvalue weighted by atomic mass is 9.70. The molecule has 2 rings (SSSR count). The Balaban J connectivity index is 2.08. The minimum Gasteiger partial charge on any atom is -0.351 e. The normalized spacial score (nSPS) is 16.1. The van der Waals surface area contributed by atoms with Crippen molar-refractivity contribution in [3.8, 4) is 0 Å². The standard InChI is InChI=1S/C13H18N4O3/c1-13(5-2-6-13)8-15-12(18)9-3-4-11(17(19)20)10(7-9)16-14/h3-4,7,16H,2,5-6,8,14H2,1H3,(H,15,18). The first kappa shape index (κ1) is 14.3. The molecule has 4 N–H and O–H groups in total. The summed E-state index contributed by atoms with van der Waals surface area (Å²) in [6.07, 6.45) is 3.43. The number of carbonyl (C=O) groups excluding carboxylic acids is 1. The molecule has 0 atom stereocenters. The van der Waals surface area contributed by atoms with Crippen LogP contribution in [0.15, 0.2) is 18.2 Å². The molecule has 0 aliphatic heterocycles. The number of nitrogen functional groups attached to an aromatic ring is 1. The van der Waals surface area contributed by atoms with Gasteiger partial charge in [-0.15, -0.1) is 0 Å². The molecule has 7 nitrogen and oxygen atoms in total. The monoisotopic (exact) mass is 278 g/mol. The predicted molar refractivity (Wildman–Crippen MR) is 75.2 cm³/mol. The Hall–Kier alpha value is -2.15. The van der Waals surface area contributed by atoms with E-state index >= 15 is 0 Å². The van der Waals surface area contributed by atoms with Gasteiger partial charge in [-0.25, -0.2) is 0 Å². The van der Waals surface area contributed by atoms with Crippen molar-refractivity contribution in [1.29, 1.82) is 0 Å². The number of benzene rings is 1. The highest BCUT2D eigenvalue weighted by Crippen LogP contribution is 2.39. The molecule has 0 radical (unpaired) electrons. The van der Waals surface area contributed by atoms with Crippen LogP contribution in [0.3, 0.4) is 0 Å². The van der Waals surface area contributed by atoms with E-state index in [2.05, 4.69) is 17.7 Å². The van der Waals surface area contributed by atoms with Crippen molar-refractivity contribution in [2.45, 2.75) is 26.2 Å². The van der Waals surface area contributed by atoms with Crippen LogP contribution in [0.1, 0.15) is 36.5 Å². The zero-order chi connectivity index (χ0) is 14.8. The van der Waals surface area contributed by atoms with Crippen molar-refractivity contribution in [2.24, 2.45) is 11.3 Å². The summed E-state index contributed by atoms with van der Waals surface area (Å²) in [6, 6.07) is 4.09. The summed E-state index contributed by atoms with van der Waals surface area (Å²) >= 11 is 0. The molecule has 0 unspecified atom stereocenters. The van der Waals surface area contributed by atoms with Crippen LogP contribution in [-0.4, -0.2) is 17.4 Å². The first-order valence-electron chi connectivity index (χ1n) is 6.48. The third-order valence-electron chi connectivity index (χ3n) is 3.85. The van der Waals surface area contributed by atoms with Crippen LogP contribution in [-0.2, 0) is 0 Å². The average molecular weight is 278 g/mol. The second-order valence-corrected chi connectivity index (χ2v) is 5.48. The van der Waals surface area contributed by atoms with Gasteiger partial charge in [0.05, 0.1) is 4.92 Å². The Bertz CT molecular complexity index is 540. The molecule has 1 aliphatic carbocycles. The van der Waals surface area contributed by atoms with E-state index in [1.54, 1.807) is 0 Å². The second kappa shape index (κ2) is 5.46. The maximum absolute atomic E-state index is 12.0. The minimum atomic E-state index is -0.549. The average Bonchev–Trinajstić information content (AvgIpc) is 2.41. The molecule has 1 aliphatic rings. The van der Waals surface area contributed by atoms with Crippen LogP contribution >= 0.6 is 0 Å². The van der Waals surface area contributed by atoms with Gasteiger partial charge in [0.15, 0.2) is 0 Å². The Morgan fingerprint density at radius 3 is 2.70 bits per heavy atom. The van der Waals surface area contributed by atoms with Crippen molar-refractivity contribution in [2.75, 3.05) is 12.0 Å². The van der Waals surface area contributed by atoms with Crippen LogP contribution in [0.2, 0.25) is 0 Å². The van der Waals surface area contributed by atoms with Gasteiger partial charge >= 0.3 is 0 Å². The van der Waals surface area contributed by atoms with Gasteiger partial charge in [0.25, 0.3) is 11.6 Å². The molecule has 1 saturated carbocycles. The first-order valence-corrected chi connectivity index (χ1v) is 6.48. The van der Waals surface area contributed by atoms with E-state index in [-0.39, 0.29) is 22.7 Å². The maximum atomic E-state index is 12.0. The molecule has 0 aromatic heterocycles. The van der Waals surface area contributed by atoms with Gasteiger partial charge in [0.2, 0.25) is 0 Å². The van der Waals surface area contributed by atoms with Crippen LogP contribution < -0.4 is 16.6 Å². The number of amides is 1. The van der Waals surface area contributed by atoms with Gasteiger partial charge in [0, 0.05) is 18.2 Å². The number of hydrazine groups is 1. The highest BCUT2D eigenvalue weighted by molar-refractivity contribution is 5.95. The number of nitrogens with zero attached hydrogens (tertiary/aromatic N) is 1. The van der Waals surface area contributed by atoms with Gasteiger partial charge in [-0.3, -0.25) is 20.8 Å². The quantitative estimate of drug-likeness (QED) is 0.432. The molecule has 1 aromatic carbocycles. The fourth-order valence-corrected chi connectivity index (χ4v) is 2.30. The minimum absolute atomic E-state index is 0.123. The number of carbonyl (C=O) groups is 1. The number of nitrogens with two attached hydrogens (primary N) is 1. The molecule has 108 valence electrons. The lowest BCUT2D eigenvalue weighted by Crippen LogP contribution is -2.39. The van der Waals surface area contributed by atoms with Crippen molar-refractivity contribution in [3.05, 3.63) is 33.9 Å². The maximum Gasteiger partial charge on any atom is 0.293 e. The summed E-state index contributed by atoms with van der Waals surface area (Å²) in [7, 11) is 0. The van der Waals surface area contributed by atoms with Crippen molar-refractivity contribution in [3.63, 3.8) is 0 Å². The van der Waals surface area contributed by atoms with Crippen molar-refractivity contribution < 1.29 is 9.72 Å². The lowest BCUT2D eigenvalue weighted by Gasteiger charge is -2.38. The van der Waals surface area contributed by atoms with Crippen LogP contribution in [0.5, 0.6) is 0 Å². The predicted octanol–water partition coefficient (Wildman–Crippen LogP) is 1.80. The Morgan fingerprint density at radius 2 is 2.20 bits per heavy atom. The van der Waals surface area contributed by atoms with Gasteiger partial charge in [-0.1, -0.05) is 13.3 Å². The molecule has 1 amide bonds.